The SMILES string of the molecule is COc1ccc(S(=O)(=O)N(CC(C)C)C[C@@H](O)[C@H](CN2CCc3cc(OCP(=O)(O)O[C@@H](C)C(=O)O)ccc3C2)NC(=O)O[C@H]2CO[C@H]3OCC[C@H]32)cc1.[CH3-].[CH3-].[Pd].[Pd]. The van der Waals surface area contributed by atoms with Crippen LogP contribution in [-0.2, 0) is 91.9 Å². The van der Waals surface area contributed by atoms with E-state index in [0.717, 1.165) is 18.1 Å². The molecule has 17 nitrogen and oxygen atoms in total. The molecule has 58 heavy (non-hydrogen) atoms. The van der Waals surface area contributed by atoms with E-state index in [4.69, 9.17) is 33.3 Å². The van der Waals surface area contributed by atoms with Crippen LogP contribution in [0.15, 0.2) is 47.4 Å². The molecule has 1 unspecified atom stereocenters. The van der Waals surface area contributed by atoms with E-state index in [1.807, 2.05) is 18.7 Å². The number of carbonyl (C=O) groups is 2. The van der Waals surface area contributed by atoms with Gasteiger partial charge in [-0.15, -0.1) is 0 Å². The van der Waals surface area contributed by atoms with Gasteiger partial charge in [-0.3, -0.25) is 14.0 Å². The first-order valence-corrected chi connectivity index (χ1v) is 21.0. The van der Waals surface area contributed by atoms with Gasteiger partial charge in [0.25, 0.3) is 0 Å². The van der Waals surface area contributed by atoms with Gasteiger partial charge < -0.3 is 59.0 Å². The molecule has 2 fully saturated rings. The Morgan fingerprint density at radius 2 is 1.71 bits per heavy atom. The zero-order chi connectivity index (χ0) is 39.2. The molecule has 21 heteroatoms. The number of methoxy groups -OCH3 is 1. The van der Waals surface area contributed by atoms with E-state index in [-0.39, 0.29) is 98.7 Å². The van der Waals surface area contributed by atoms with E-state index in [2.05, 4.69) is 5.32 Å². The number of nitrogens with one attached hydrogen (secondary N) is 1. The molecule has 4 N–H and O–H groups in total. The fourth-order valence-corrected chi connectivity index (χ4v) is 9.21. The average molecular weight is 1040 g/mol. The first-order chi connectivity index (χ1) is 25.5. The topological polar surface area (TPSA) is 220 Å². The summed E-state index contributed by atoms with van der Waals surface area (Å²) in [7, 11) is -6.92. The molecule has 0 spiro atoms. The van der Waals surface area contributed by atoms with Crippen LogP contribution in [0.2, 0.25) is 0 Å². The molecule has 0 bridgehead atoms. The number of aliphatic hydroxyl groups is 1. The molecular weight excluding hydrogens is 986 g/mol. The van der Waals surface area contributed by atoms with Gasteiger partial charge in [-0.1, -0.05) is 19.9 Å². The fraction of sp³-hybridized carbons (Fsp3) is 0.568. The zero-order valence-electron chi connectivity index (χ0n) is 33.4. The zero-order valence-corrected chi connectivity index (χ0v) is 38.2. The van der Waals surface area contributed by atoms with Crippen molar-refractivity contribution in [1.29, 1.82) is 0 Å². The van der Waals surface area contributed by atoms with E-state index in [1.165, 1.54) is 23.5 Å². The number of hydrogen-bond acceptors (Lipinski definition) is 13. The molecule has 1 amide bonds. The number of ether oxygens (including phenoxy) is 5. The van der Waals surface area contributed by atoms with Gasteiger partial charge in [-0.25, -0.2) is 18.0 Å². The number of carboxylic acids is 1. The van der Waals surface area contributed by atoms with E-state index < -0.39 is 66.7 Å². The molecule has 2 aromatic rings. The molecule has 0 aromatic heterocycles. The molecule has 0 radical (unpaired) electrons. The summed E-state index contributed by atoms with van der Waals surface area (Å²) in [5.74, 6) is -0.766. The number of alkyl carbamates (subject to hydrolysis) is 1. The van der Waals surface area contributed by atoms with Crippen molar-refractivity contribution in [2.24, 2.45) is 11.8 Å². The standard InChI is InChI=1S/C35H50N3O14PS.2CH3.2Pd/c1-22(2)16-38(54(45,46)28-9-7-26(47-4)8-10-28)19-31(39)30(36-35(42)51-32-20-49-34-29(32)12-14-48-34)18-37-13-11-24-15-27(6-5-25(24)17-37)50-21-53(43,44)52-23(3)33(40)41;;;;/h5-10,15,22-23,29-32,34,39H,11-14,16-21H2,1-4H3,(H,36,42)(H,40,41)(H,43,44);2*1H3;;/q;2*-1;;/t23-,29-,30-,31+,32-,34+;;;;/m0..../s1. The first kappa shape index (κ1) is 54.0. The molecule has 0 saturated carbocycles. The molecular formula is C37H56N3O14PPd2S-2. The van der Waals surface area contributed by atoms with Crippen LogP contribution in [0.3, 0.4) is 0 Å². The monoisotopic (exact) mass is 1040 g/mol. The predicted molar refractivity (Wildman–Crippen MR) is 205 cm³/mol. The number of carbonyl (C=O) groups excluding carboxylic acids is 1. The second kappa shape index (κ2) is 23.9. The first-order valence-electron chi connectivity index (χ1n) is 17.8. The van der Waals surface area contributed by atoms with Gasteiger partial charge in [0.05, 0.1) is 43.3 Å². The van der Waals surface area contributed by atoms with Crippen LogP contribution in [0, 0.1) is 26.7 Å². The Labute approximate surface area is 369 Å². The third-order valence-electron chi connectivity index (χ3n) is 9.46. The van der Waals surface area contributed by atoms with Gasteiger partial charge in [0, 0.05) is 73.6 Å². The summed E-state index contributed by atoms with van der Waals surface area (Å²) in [5, 5.41) is 23.5. The van der Waals surface area contributed by atoms with Gasteiger partial charge in [-0.2, -0.15) is 4.31 Å². The molecule has 7 atom stereocenters. The molecule has 3 heterocycles. The number of aliphatic hydroxyl groups excluding tert-OH is 1. The number of sulfonamides is 1. The number of nitrogens with zero attached hydrogens (tertiary/aromatic N) is 2. The van der Waals surface area contributed by atoms with E-state index >= 15 is 0 Å². The van der Waals surface area contributed by atoms with Crippen LogP contribution in [0.25, 0.3) is 0 Å². The van der Waals surface area contributed by atoms with Gasteiger partial charge >= 0.3 is 19.7 Å². The Morgan fingerprint density at radius 3 is 2.34 bits per heavy atom. The number of amides is 1. The normalized spacial score (nSPS) is 21.3. The van der Waals surface area contributed by atoms with Crippen LogP contribution in [0.5, 0.6) is 11.5 Å². The summed E-state index contributed by atoms with van der Waals surface area (Å²) >= 11 is 0. The van der Waals surface area contributed by atoms with Crippen molar-refractivity contribution in [3.05, 3.63) is 68.4 Å². The smallest absolute Gasteiger partial charge is 0.407 e. The summed E-state index contributed by atoms with van der Waals surface area (Å²) in [6.45, 7) is 6.42. The average Bonchev–Trinajstić information content (AvgIpc) is 3.75. The summed E-state index contributed by atoms with van der Waals surface area (Å²) in [5.41, 5.74) is 1.82. The number of carboxylic acid groups (broad SMARTS) is 1. The van der Waals surface area contributed by atoms with Crippen LogP contribution < -0.4 is 14.8 Å². The predicted octanol–water partition coefficient (Wildman–Crippen LogP) is 3.52. The van der Waals surface area contributed by atoms with Crippen molar-refractivity contribution in [2.75, 3.05) is 52.9 Å². The van der Waals surface area contributed by atoms with Crippen molar-refractivity contribution in [2.45, 2.75) is 75.7 Å². The van der Waals surface area contributed by atoms with Gasteiger partial charge in [-0.05, 0) is 73.2 Å². The summed E-state index contributed by atoms with van der Waals surface area (Å²) in [6.07, 6.45) is -4.10. The van der Waals surface area contributed by atoms with Crippen LogP contribution >= 0.6 is 7.60 Å². The minimum absolute atomic E-state index is 0. The minimum Gasteiger partial charge on any atom is -0.497 e. The summed E-state index contributed by atoms with van der Waals surface area (Å²) < 4.78 is 73.6. The van der Waals surface area contributed by atoms with Crippen LogP contribution in [0.4, 0.5) is 4.79 Å². The van der Waals surface area contributed by atoms with Crippen LogP contribution in [0.1, 0.15) is 38.3 Å². The molecule has 0 aliphatic carbocycles. The van der Waals surface area contributed by atoms with Crippen molar-refractivity contribution in [3.63, 3.8) is 0 Å². The Hall–Kier alpha value is -2.00. The summed E-state index contributed by atoms with van der Waals surface area (Å²) in [4.78, 5) is 36.4. The third kappa shape index (κ3) is 14.6. The fourth-order valence-electron chi connectivity index (χ4n) is 6.63. The maximum absolute atomic E-state index is 13.9. The number of aliphatic carboxylic acids is 1. The van der Waals surface area contributed by atoms with E-state index in [9.17, 15) is 32.6 Å². The Morgan fingerprint density at radius 1 is 1.03 bits per heavy atom. The molecule has 3 aliphatic rings. The van der Waals surface area contributed by atoms with Crippen molar-refractivity contribution in [1.82, 2.24) is 14.5 Å². The molecule has 3 aliphatic heterocycles. The Balaban J connectivity index is 0.00000420. The van der Waals surface area contributed by atoms with Crippen molar-refractivity contribution >= 4 is 29.7 Å². The minimum atomic E-state index is -4.35. The quantitative estimate of drug-likeness (QED) is 0.0954. The van der Waals surface area contributed by atoms with E-state index in [0.29, 0.717) is 44.0 Å². The molecule has 336 valence electrons. The molecule has 2 saturated heterocycles. The number of hydrogen-bond donors (Lipinski definition) is 4. The summed E-state index contributed by atoms with van der Waals surface area (Å²) in [6, 6.07) is 10.2. The number of rotatable bonds is 18. The second-order valence-electron chi connectivity index (χ2n) is 14.1. The van der Waals surface area contributed by atoms with Gasteiger partial charge in [0.1, 0.15) is 17.6 Å². The molecule has 2 aromatic carbocycles. The molecule has 5 rings (SSSR count). The largest absolute Gasteiger partial charge is 0.497 e. The third-order valence-corrected chi connectivity index (χ3v) is 12.4. The Bertz CT molecular complexity index is 1780. The number of benzene rings is 2. The van der Waals surface area contributed by atoms with Crippen LogP contribution in [-0.4, -0.2) is 128 Å². The van der Waals surface area contributed by atoms with E-state index in [1.54, 1.807) is 30.3 Å². The van der Waals surface area contributed by atoms with Crippen molar-refractivity contribution < 1.29 is 107 Å². The van der Waals surface area contributed by atoms with Crippen molar-refractivity contribution in [3.8, 4) is 11.5 Å². The van der Waals surface area contributed by atoms with Gasteiger partial charge in [0.2, 0.25) is 10.0 Å². The maximum Gasteiger partial charge on any atom is 0.407 e. The maximum atomic E-state index is 13.9. The Kier molecular flexibility index (Phi) is 22.2. The second-order valence-corrected chi connectivity index (χ2v) is 17.8. The number of fused-ring (bicyclic) bond motifs is 2. The van der Waals surface area contributed by atoms with Gasteiger partial charge in [0.15, 0.2) is 18.7 Å².